The highest BCUT2D eigenvalue weighted by Gasteiger charge is 2.27. The van der Waals surface area contributed by atoms with Crippen LogP contribution >= 0.6 is 12.4 Å². The summed E-state index contributed by atoms with van der Waals surface area (Å²) in [5, 5.41) is 23.1. The van der Waals surface area contributed by atoms with Crippen LogP contribution in [0.1, 0.15) is 36.0 Å². The molecule has 1 aromatic heterocycles. The van der Waals surface area contributed by atoms with Gasteiger partial charge in [-0.15, -0.1) is 22.6 Å². The molecule has 0 spiro atoms. The second-order valence-corrected chi connectivity index (χ2v) is 5.90. The van der Waals surface area contributed by atoms with E-state index in [0.29, 0.717) is 5.92 Å². The Hall–Kier alpha value is -1.99. The molecule has 0 amide bonds. The van der Waals surface area contributed by atoms with Crippen LogP contribution < -0.4 is 5.32 Å². The molecule has 0 bridgehead atoms. The highest BCUT2D eigenvalue weighted by Crippen LogP contribution is 2.32. The summed E-state index contributed by atoms with van der Waals surface area (Å²) in [5.74, 6) is 2.38. The smallest absolute Gasteiger partial charge is 0.269 e. The molecule has 2 aliphatic rings. The molecular weight excluding hydrogens is 318 g/mol. The molecule has 1 fully saturated rings. The molecule has 7 nitrogen and oxygen atoms in total. The van der Waals surface area contributed by atoms with E-state index in [9.17, 15) is 10.1 Å². The van der Waals surface area contributed by atoms with Gasteiger partial charge < -0.3 is 5.32 Å². The summed E-state index contributed by atoms with van der Waals surface area (Å²) in [5.41, 5.74) is 2.17. The number of nitro benzene ring substituents is 1. The Balaban J connectivity index is 0.00000156. The Morgan fingerprint density at radius 2 is 2.00 bits per heavy atom. The molecule has 2 aliphatic heterocycles. The Morgan fingerprint density at radius 1 is 1.22 bits per heavy atom. The molecule has 1 saturated heterocycles. The van der Waals surface area contributed by atoms with Crippen LogP contribution in [0.2, 0.25) is 0 Å². The SMILES string of the molecule is Cl.O=[N+]([O-])c1ccc2c(c1)CCc1nnc(C3CCNCC3)n1-2. The maximum Gasteiger partial charge on any atom is 0.269 e. The number of nitrogens with zero attached hydrogens (tertiary/aromatic N) is 4. The van der Waals surface area contributed by atoms with Gasteiger partial charge in [0.2, 0.25) is 0 Å². The van der Waals surface area contributed by atoms with Gasteiger partial charge in [-0.2, -0.15) is 0 Å². The lowest BCUT2D eigenvalue weighted by atomic mass is 9.96. The van der Waals surface area contributed by atoms with Gasteiger partial charge in [-0.1, -0.05) is 0 Å². The Kier molecular flexibility index (Phi) is 4.32. The molecule has 0 saturated carbocycles. The lowest BCUT2D eigenvalue weighted by Gasteiger charge is -2.25. The van der Waals surface area contributed by atoms with Crippen molar-refractivity contribution in [1.29, 1.82) is 0 Å². The minimum absolute atomic E-state index is 0. The lowest BCUT2D eigenvalue weighted by Crippen LogP contribution is -2.28. The number of benzene rings is 1. The Morgan fingerprint density at radius 3 is 2.74 bits per heavy atom. The molecule has 1 aromatic carbocycles. The van der Waals surface area contributed by atoms with E-state index in [-0.39, 0.29) is 23.0 Å². The first-order chi connectivity index (χ1) is 10.7. The van der Waals surface area contributed by atoms with Gasteiger partial charge in [0, 0.05) is 24.5 Å². The number of non-ortho nitro benzene ring substituents is 1. The molecule has 2 aromatic rings. The maximum absolute atomic E-state index is 11.0. The number of hydrogen-bond acceptors (Lipinski definition) is 5. The zero-order chi connectivity index (χ0) is 15.1. The van der Waals surface area contributed by atoms with Crippen molar-refractivity contribution < 1.29 is 4.92 Å². The van der Waals surface area contributed by atoms with Crippen LogP contribution in [0.4, 0.5) is 5.69 Å². The van der Waals surface area contributed by atoms with E-state index in [1.807, 2.05) is 6.07 Å². The van der Waals surface area contributed by atoms with Gasteiger partial charge in [0.15, 0.2) is 0 Å². The van der Waals surface area contributed by atoms with Crippen LogP contribution in [0.15, 0.2) is 18.2 Å². The summed E-state index contributed by atoms with van der Waals surface area (Å²) in [7, 11) is 0. The van der Waals surface area contributed by atoms with Crippen molar-refractivity contribution in [3.05, 3.63) is 45.5 Å². The van der Waals surface area contributed by atoms with E-state index in [1.165, 1.54) is 0 Å². The van der Waals surface area contributed by atoms with Crippen molar-refractivity contribution in [2.75, 3.05) is 13.1 Å². The van der Waals surface area contributed by atoms with E-state index >= 15 is 0 Å². The number of halogens is 1. The monoisotopic (exact) mass is 335 g/mol. The fourth-order valence-corrected chi connectivity index (χ4v) is 3.45. The number of rotatable bonds is 2. The fourth-order valence-electron chi connectivity index (χ4n) is 3.45. The molecule has 4 rings (SSSR count). The van der Waals surface area contributed by atoms with Crippen molar-refractivity contribution in [1.82, 2.24) is 20.1 Å². The predicted octanol–water partition coefficient (Wildman–Crippen LogP) is 2.16. The van der Waals surface area contributed by atoms with E-state index in [2.05, 4.69) is 20.1 Å². The number of hydrogen-bond donors (Lipinski definition) is 1. The average Bonchev–Trinajstić information content (AvgIpc) is 2.99. The zero-order valence-electron chi connectivity index (χ0n) is 12.6. The van der Waals surface area contributed by atoms with Crippen molar-refractivity contribution >= 4 is 18.1 Å². The van der Waals surface area contributed by atoms with Crippen LogP contribution in [-0.4, -0.2) is 32.8 Å². The van der Waals surface area contributed by atoms with Crippen LogP contribution in [0, 0.1) is 10.1 Å². The van der Waals surface area contributed by atoms with E-state index < -0.39 is 0 Å². The van der Waals surface area contributed by atoms with Gasteiger partial charge in [-0.3, -0.25) is 14.7 Å². The molecule has 0 atom stereocenters. The molecule has 122 valence electrons. The maximum atomic E-state index is 11.0. The molecule has 0 radical (unpaired) electrons. The van der Waals surface area contributed by atoms with E-state index in [1.54, 1.807) is 12.1 Å². The number of nitrogens with one attached hydrogen (secondary N) is 1. The molecule has 23 heavy (non-hydrogen) atoms. The number of aryl methyl sites for hydroxylation is 2. The van der Waals surface area contributed by atoms with Crippen molar-refractivity contribution in [3.8, 4) is 5.69 Å². The number of nitro groups is 1. The summed E-state index contributed by atoms with van der Waals surface area (Å²) >= 11 is 0. The topological polar surface area (TPSA) is 85.9 Å². The summed E-state index contributed by atoms with van der Waals surface area (Å²) < 4.78 is 2.12. The lowest BCUT2D eigenvalue weighted by molar-refractivity contribution is -0.384. The number of aromatic nitrogens is 3. The van der Waals surface area contributed by atoms with Crippen molar-refractivity contribution in [2.45, 2.75) is 31.6 Å². The molecule has 1 N–H and O–H groups in total. The largest absolute Gasteiger partial charge is 0.317 e. The normalized spacial score (nSPS) is 17.0. The summed E-state index contributed by atoms with van der Waals surface area (Å²) in [6, 6.07) is 5.09. The Bertz CT molecular complexity index is 739. The zero-order valence-corrected chi connectivity index (χ0v) is 13.4. The van der Waals surface area contributed by atoms with E-state index in [0.717, 1.165) is 61.7 Å². The molecule has 3 heterocycles. The standard InChI is InChI=1S/C15H17N5O2.ClH/c21-20(22)12-2-3-13-11(9-12)1-4-14-17-18-15(19(13)14)10-5-7-16-8-6-10;/h2-3,9-10,16H,1,4-8H2;1H. The van der Waals surface area contributed by atoms with Gasteiger partial charge >= 0.3 is 0 Å². The number of fused-ring (bicyclic) bond motifs is 3. The fraction of sp³-hybridized carbons (Fsp3) is 0.467. The second kappa shape index (κ2) is 6.25. The summed E-state index contributed by atoms with van der Waals surface area (Å²) in [6.45, 7) is 2.00. The van der Waals surface area contributed by atoms with Gasteiger partial charge in [-0.05, 0) is 44.0 Å². The minimum atomic E-state index is -0.338. The second-order valence-electron chi connectivity index (χ2n) is 5.90. The Labute approximate surface area is 139 Å². The summed E-state index contributed by atoms with van der Waals surface area (Å²) in [4.78, 5) is 10.6. The third kappa shape index (κ3) is 2.70. The van der Waals surface area contributed by atoms with Crippen LogP contribution in [0.25, 0.3) is 5.69 Å². The summed E-state index contributed by atoms with van der Waals surface area (Å²) in [6.07, 6.45) is 3.68. The van der Waals surface area contributed by atoms with Crippen LogP contribution in [0.3, 0.4) is 0 Å². The van der Waals surface area contributed by atoms with Gasteiger partial charge in [0.1, 0.15) is 11.6 Å². The highest BCUT2D eigenvalue weighted by molar-refractivity contribution is 5.85. The van der Waals surface area contributed by atoms with Crippen molar-refractivity contribution in [3.63, 3.8) is 0 Å². The van der Waals surface area contributed by atoms with Gasteiger partial charge in [0.25, 0.3) is 5.69 Å². The highest BCUT2D eigenvalue weighted by atomic mass is 35.5. The first-order valence-electron chi connectivity index (χ1n) is 7.66. The number of piperidine rings is 1. The van der Waals surface area contributed by atoms with Crippen LogP contribution in [0.5, 0.6) is 0 Å². The minimum Gasteiger partial charge on any atom is -0.317 e. The van der Waals surface area contributed by atoms with Gasteiger partial charge in [-0.25, -0.2) is 0 Å². The van der Waals surface area contributed by atoms with E-state index in [4.69, 9.17) is 0 Å². The van der Waals surface area contributed by atoms with Crippen LogP contribution in [-0.2, 0) is 12.8 Å². The average molecular weight is 336 g/mol. The third-order valence-corrected chi connectivity index (χ3v) is 4.59. The van der Waals surface area contributed by atoms with Gasteiger partial charge in [0.05, 0.1) is 10.6 Å². The van der Waals surface area contributed by atoms with Crippen molar-refractivity contribution in [2.24, 2.45) is 0 Å². The molecule has 0 unspecified atom stereocenters. The quantitative estimate of drug-likeness (QED) is 0.671. The predicted molar refractivity (Wildman–Crippen MR) is 87.5 cm³/mol. The first kappa shape index (κ1) is 15.9. The molecular formula is C15H18ClN5O2. The molecule has 0 aliphatic carbocycles. The first-order valence-corrected chi connectivity index (χ1v) is 7.66. The third-order valence-electron chi connectivity index (χ3n) is 4.59. The molecule has 8 heteroatoms.